The second-order valence-corrected chi connectivity index (χ2v) is 6.65. The molecule has 0 atom stereocenters. The molecule has 0 aliphatic heterocycles. The highest BCUT2D eigenvalue weighted by Crippen LogP contribution is 2.23. The van der Waals surface area contributed by atoms with Crippen molar-refractivity contribution >= 4 is 16.7 Å². The third-order valence-electron chi connectivity index (χ3n) is 2.68. The van der Waals surface area contributed by atoms with E-state index in [9.17, 15) is 0 Å². The SMILES string of the molecule is CC(C)c1cc(CNc2nc(C(C)(C)C)ns2)on1. The van der Waals surface area contributed by atoms with Gasteiger partial charge in [-0.25, -0.2) is 4.98 Å². The Bertz CT molecular complexity index is 539. The third-order valence-corrected chi connectivity index (χ3v) is 3.35. The third kappa shape index (κ3) is 3.53. The lowest BCUT2D eigenvalue weighted by Gasteiger charge is -2.12. The molecule has 0 fully saturated rings. The van der Waals surface area contributed by atoms with Crippen LogP contribution in [-0.4, -0.2) is 14.5 Å². The van der Waals surface area contributed by atoms with Crippen molar-refractivity contribution in [2.24, 2.45) is 0 Å². The lowest BCUT2D eigenvalue weighted by atomic mass is 9.96. The van der Waals surface area contributed by atoms with Crippen LogP contribution in [0.5, 0.6) is 0 Å². The molecule has 0 amide bonds. The van der Waals surface area contributed by atoms with E-state index in [4.69, 9.17) is 4.52 Å². The first kappa shape index (κ1) is 14.0. The molecule has 0 bridgehead atoms. The van der Waals surface area contributed by atoms with E-state index in [1.165, 1.54) is 11.5 Å². The van der Waals surface area contributed by atoms with Gasteiger partial charge in [0.1, 0.15) is 5.82 Å². The number of anilines is 1. The van der Waals surface area contributed by atoms with Crippen molar-refractivity contribution < 1.29 is 4.52 Å². The summed E-state index contributed by atoms with van der Waals surface area (Å²) in [6.07, 6.45) is 0. The zero-order valence-corrected chi connectivity index (χ0v) is 12.8. The first-order chi connectivity index (χ1) is 8.86. The topological polar surface area (TPSA) is 63.8 Å². The minimum atomic E-state index is -0.0204. The molecule has 0 spiro atoms. The van der Waals surface area contributed by atoms with Crippen molar-refractivity contribution in [1.82, 2.24) is 14.5 Å². The van der Waals surface area contributed by atoms with Crippen LogP contribution in [-0.2, 0) is 12.0 Å². The van der Waals surface area contributed by atoms with Crippen LogP contribution in [0.15, 0.2) is 10.6 Å². The van der Waals surface area contributed by atoms with Crippen molar-refractivity contribution in [3.8, 4) is 0 Å². The number of aromatic nitrogens is 3. The second-order valence-electron chi connectivity index (χ2n) is 5.90. The van der Waals surface area contributed by atoms with Gasteiger partial charge in [0.15, 0.2) is 5.76 Å². The average Bonchev–Trinajstić information content (AvgIpc) is 2.95. The maximum absolute atomic E-state index is 5.27. The van der Waals surface area contributed by atoms with Crippen LogP contribution >= 0.6 is 11.5 Å². The summed E-state index contributed by atoms with van der Waals surface area (Å²) in [7, 11) is 0. The number of hydrogen-bond acceptors (Lipinski definition) is 6. The summed E-state index contributed by atoms with van der Waals surface area (Å²) in [5.74, 6) is 2.06. The van der Waals surface area contributed by atoms with Gasteiger partial charge >= 0.3 is 0 Å². The smallest absolute Gasteiger partial charge is 0.202 e. The minimum absolute atomic E-state index is 0.0204. The first-order valence-corrected chi connectivity index (χ1v) is 7.17. The Kier molecular flexibility index (Phi) is 3.89. The van der Waals surface area contributed by atoms with Gasteiger partial charge in [0.05, 0.1) is 12.2 Å². The average molecular weight is 280 g/mol. The van der Waals surface area contributed by atoms with Crippen molar-refractivity contribution in [3.05, 3.63) is 23.3 Å². The van der Waals surface area contributed by atoms with Crippen molar-refractivity contribution in [2.75, 3.05) is 5.32 Å². The lowest BCUT2D eigenvalue weighted by molar-refractivity contribution is 0.379. The summed E-state index contributed by atoms with van der Waals surface area (Å²) >= 11 is 1.37. The molecule has 0 unspecified atom stereocenters. The maximum Gasteiger partial charge on any atom is 0.202 e. The Morgan fingerprint density at radius 3 is 2.63 bits per heavy atom. The number of nitrogens with one attached hydrogen (secondary N) is 1. The molecular weight excluding hydrogens is 260 g/mol. The van der Waals surface area contributed by atoms with E-state index in [0.717, 1.165) is 22.4 Å². The Labute approximate surface area is 117 Å². The summed E-state index contributed by atoms with van der Waals surface area (Å²) < 4.78 is 9.62. The molecule has 0 aliphatic carbocycles. The quantitative estimate of drug-likeness (QED) is 0.927. The monoisotopic (exact) mass is 280 g/mol. The summed E-state index contributed by atoms with van der Waals surface area (Å²) in [6.45, 7) is 11.1. The Morgan fingerprint density at radius 1 is 1.37 bits per heavy atom. The standard InChI is InChI=1S/C13H20N4OS/c1-8(2)10-6-9(18-16-10)7-14-12-15-11(17-19-12)13(3,4)5/h6,8H,7H2,1-5H3,(H,14,15,17). The zero-order valence-electron chi connectivity index (χ0n) is 12.0. The number of hydrogen-bond donors (Lipinski definition) is 1. The van der Waals surface area contributed by atoms with E-state index in [-0.39, 0.29) is 5.41 Å². The lowest BCUT2D eigenvalue weighted by Crippen LogP contribution is -2.13. The van der Waals surface area contributed by atoms with Crippen molar-refractivity contribution in [1.29, 1.82) is 0 Å². The molecular formula is C13H20N4OS. The van der Waals surface area contributed by atoms with Gasteiger partial charge in [0, 0.05) is 23.0 Å². The van der Waals surface area contributed by atoms with Crippen LogP contribution in [0.2, 0.25) is 0 Å². The van der Waals surface area contributed by atoms with Gasteiger partial charge < -0.3 is 9.84 Å². The van der Waals surface area contributed by atoms with E-state index >= 15 is 0 Å². The van der Waals surface area contributed by atoms with E-state index in [2.05, 4.69) is 54.4 Å². The summed E-state index contributed by atoms with van der Waals surface area (Å²) in [6, 6.07) is 1.98. The van der Waals surface area contributed by atoms with Gasteiger partial charge in [-0.3, -0.25) is 0 Å². The van der Waals surface area contributed by atoms with Crippen LogP contribution in [0.3, 0.4) is 0 Å². The van der Waals surface area contributed by atoms with Crippen molar-refractivity contribution in [2.45, 2.75) is 52.5 Å². The molecule has 2 aromatic heterocycles. The number of nitrogens with zero attached hydrogens (tertiary/aromatic N) is 3. The highest BCUT2D eigenvalue weighted by atomic mass is 32.1. The Hall–Kier alpha value is -1.43. The molecule has 104 valence electrons. The van der Waals surface area contributed by atoms with Crippen LogP contribution in [0.1, 0.15) is 57.8 Å². The second kappa shape index (κ2) is 5.28. The van der Waals surface area contributed by atoms with Gasteiger partial charge in [-0.2, -0.15) is 4.37 Å². The molecule has 5 nitrogen and oxygen atoms in total. The molecule has 2 aromatic rings. The highest BCUT2D eigenvalue weighted by Gasteiger charge is 2.19. The van der Waals surface area contributed by atoms with Crippen molar-refractivity contribution in [3.63, 3.8) is 0 Å². The van der Waals surface area contributed by atoms with Gasteiger partial charge in [-0.05, 0) is 5.92 Å². The normalized spacial score (nSPS) is 12.1. The predicted molar refractivity (Wildman–Crippen MR) is 76.5 cm³/mol. The van der Waals surface area contributed by atoms with Crippen LogP contribution in [0, 0.1) is 0 Å². The van der Waals surface area contributed by atoms with Gasteiger partial charge in [-0.15, -0.1) is 0 Å². The Balaban J connectivity index is 1.96. The molecule has 0 aromatic carbocycles. The Morgan fingerprint density at radius 2 is 2.11 bits per heavy atom. The van der Waals surface area contributed by atoms with Gasteiger partial charge in [-0.1, -0.05) is 39.8 Å². The fourth-order valence-electron chi connectivity index (χ4n) is 1.45. The molecule has 0 saturated carbocycles. The molecule has 2 heterocycles. The minimum Gasteiger partial charge on any atom is -0.359 e. The molecule has 0 radical (unpaired) electrons. The molecule has 0 saturated heterocycles. The molecule has 1 N–H and O–H groups in total. The van der Waals surface area contributed by atoms with E-state index in [1.807, 2.05) is 6.07 Å². The fraction of sp³-hybridized carbons (Fsp3) is 0.615. The van der Waals surface area contributed by atoms with Crippen LogP contribution < -0.4 is 5.32 Å². The predicted octanol–water partition coefficient (Wildman–Crippen LogP) is 3.56. The van der Waals surface area contributed by atoms with Crippen LogP contribution in [0.25, 0.3) is 0 Å². The highest BCUT2D eigenvalue weighted by molar-refractivity contribution is 7.09. The van der Waals surface area contributed by atoms with E-state index < -0.39 is 0 Å². The molecule has 0 aliphatic rings. The zero-order chi connectivity index (χ0) is 14.0. The summed E-state index contributed by atoms with van der Waals surface area (Å²) in [5, 5.41) is 8.05. The van der Waals surface area contributed by atoms with Gasteiger partial charge in [0.2, 0.25) is 5.13 Å². The maximum atomic E-state index is 5.27. The van der Waals surface area contributed by atoms with Gasteiger partial charge in [0.25, 0.3) is 0 Å². The molecule has 19 heavy (non-hydrogen) atoms. The van der Waals surface area contributed by atoms with E-state index in [1.54, 1.807) is 0 Å². The van der Waals surface area contributed by atoms with Crippen LogP contribution in [0.4, 0.5) is 5.13 Å². The molecule has 6 heteroatoms. The summed E-state index contributed by atoms with van der Waals surface area (Å²) in [4.78, 5) is 4.47. The largest absolute Gasteiger partial charge is 0.359 e. The summed E-state index contributed by atoms with van der Waals surface area (Å²) in [5.41, 5.74) is 0.956. The first-order valence-electron chi connectivity index (χ1n) is 6.40. The number of rotatable bonds is 4. The molecule has 2 rings (SSSR count). The van der Waals surface area contributed by atoms with E-state index in [0.29, 0.717) is 12.5 Å². The fourth-order valence-corrected chi connectivity index (χ4v) is 2.20.